The molecule has 0 bridgehead atoms. The maximum atomic E-state index is 5.17. The van der Waals surface area contributed by atoms with Crippen molar-refractivity contribution in [1.29, 1.82) is 0 Å². The van der Waals surface area contributed by atoms with Crippen LogP contribution in [0.4, 0.5) is 0 Å². The Kier molecular flexibility index (Phi) is 6.10. The molecule has 4 nitrogen and oxygen atoms in total. The van der Waals surface area contributed by atoms with Gasteiger partial charge in [0.15, 0.2) is 0 Å². The van der Waals surface area contributed by atoms with E-state index in [9.17, 15) is 0 Å². The van der Waals surface area contributed by atoms with Crippen molar-refractivity contribution in [3.63, 3.8) is 0 Å². The molecule has 4 heterocycles. The zero-order chi connectivity index (χ0) is 30.5. The van der Waals surface area contributed by atoms with Crippen molar-refractivity contribution >= 4 is 43.6 Å². The van der Waals surface area contributed by atoms with Gasteiger partial charge in [0.1, 0.15) is 0 Å². The molecule has 46 heavy (non-hydrogen) atoms. The molecule has 0 amide bonds. The van der Waals surface area contributed by atoms with E-state index in [4.69, 9.17) is 19.9 Å². The maximum Gasteiger partial charge on any atom is 0.0972 e. The highest BCUT2D eigenvalue weighted by atomic mass is 14.8. The van der Waals surface area contributed by atoms with Gasteiger partial charge >= 0.3 is 0 Å². The van der Waals surface area contributed by atoms with Gasteiger partial charge in [0.25, 0.3) is 0 Å². The lowest BCUT2D eigenvalue weighted by atomic mass is 10.00. The molecule has 0 saturated carbocycles. The molecular formula is C42H26N4. The van der Waals surface area contributed by atoms with Crippen molar-refractivity contribution in [2.75, 3.05) is 0 Å². The number of aromatic nitrogens is 4. The summed E-state index contributed by atoms with van der Waals surface area (Å²) in [4.78, 5) is 20.2. The van der Waals surface area contributed by atoms with E-state index in [-0.39, 0.29) is 0 Å². The first-order chi connectivity index (χ1) is 22.8. The highest BCUT2D eigenvalue weighted by Crippen LogP contribution is 2.32. The Hall–Kier alpha value is -6.26. The van der Waals surface area contributed by atoms with Gasteiger partial charge in [-0.1, -0.05) is 121 Å². The van der Waals surface area contributed by atoms with Crippen LogP contribution in [0.3, 0.4) is 0 Å². The summed E-state index contributed by atoms with van der Waals surface area (Å²) in [5.74, 6) is 0. The molecule has 0 atom stereocenters. The zero-order valence-corrected chi connectivity index (χ0v) is 24.8. The number of nitrogens with zero attached hydrogens (tertiary/aromatic N) is 4. The van der Waals surface area contributed by atoms with Crippen molar-refractivity contribution in [2.45, 2.75) is 0 Å². The zero-order valence-electron chi connectivity index (χ0n) is 24.8. The Bertz CT molecular complexity index is 2580. The van der Waals surface area contributed by atoms with Crippen LogP contribution in [0.25, 0.3) is 88.5 Å². The van der Waals surface area contributed by atoms with Gasteiger partial charge in [-0.25, -0.2) is 15.0 Å². The molecule has 0 aliphatic heterocycles. The van der Waals surface area contributed by atoms with Crippen LogP contribution in [-0.4, -0.2) is 19.9 Å². The summed E-state index contributed by atoms with van der Waals surface area (Å²) in [5, 5.41) is 4.28. The first-order valence-electron chi connectivity index (χ1n) is 15.4. The minimum absolute atomic E-state index is 0.903. The number of fused-ring (bicyclic) bond motifs is 6. The standard InChI is InChI=1S/C42H26N4/c1-3-8-27(9-4-1)36-21-18-29-16-17-34-25-35(26-43-39(34)40(29)44-36)32-12-7-13-33(24-32)38-23-20-31-15-14-30-19-22-37(28-10-5-2-6-11-28)45-41(30)42(31)46-38/h1-26H. The first kappa shape index (κ1) is 26.2. The molecule has 4 aromatic heterocycles. The monoisotopic (exact) mass is 586 g/mol. The average molecular weight is 587 g/mol. The van der Waals surface area contributed by atoms with Crippen LogP contribution >= 0.6 is 0 Å². The van der Waals surface area contributed by atoms with E-state index >= 15 is 0 Å². The van der Waals surface area contributed by atoms with Gasteiger partial charge in [0.2, 0.25) is 0 Å². The summed E-state index contributed by atoms with van der Waals surface area (Å²) in [5.41, 5.74) is 11.8. The minimum atomic E-state index is 0.903. The van der Waals surface area contributed by atoms with Gasteiger partial charge in [-0.3, -0.25) is 4.98 Å². The Morgan fingerprint density at radius 2 is 0.717 bits per heavy atom. The number of pyridine rings is 4. The second kappa shape index (κ2) is 10.7. The molecule has 0 radical (unpaired) electrons. The first-order valence-corrected chi connectivity index (χ1v) is 15.4. The van der Waals surface area contributed by atoms with Gasteiger partial charge in [-0.2, -0.15) is 0 Å². The summed E-state index contributed by atoms with van der Waals surface area (Å²) in [6.45, 7) is 0. The molecule has 0 aliphatic carbocycles. The average Bonchev–Trinajstić information content (AvgIpc) is 3.14. The van der Waals surface area contributed by atoms with E-state index in [1.165, 1.54) is 0 Å². The lowest BCUT2D eigenvalue weighted by Gasteiger charge is -2.10. The van der Waals surface area contributed by atoms with Crippen molar-refractivity contribution in [1.82, 2.24) is 19.9 Å². The Balaban J connectivity index is 1.12. The third-order valence-corrected chi connectivity index (χ3v) is 8.66. The summed E-state index contributed by atoms with van der Waals surface area (Å²) >= 11 is 0. The number of hydrogen-bond donors (Lipinski definition) is 0. The number of hydrogen-bond acceptors (Lipinski definition) is 4. The maximum absolute atomic E-state index is 5.17. The molecule has 0 N–H and O–H groups in total. The Morgan fingerprint density at radius 1 is 0.283 bits per heavy atom. The quantitative estimate of drug-likeness (QED) is 0.193. The van der Waals surface area contributed by atoms with Crippen LogP contribution in [0.1, 0.15) is 0 Å². The lowest BCUT2D eigenvalue weighted by molar-refractivity contribution is 1.36. The summed E-state index contributed by atoms with van der Waals surface area (Å²) in [7, 11) is 0. The molecule has 0 unspecified atom stereocenters. The fourth-order valence-corrected chi connectivity index (χ4v) is 6.26. The highest BCUT2D eigenvalue weighted by molar-refractivity contribution is 6.05. The predicted octanol–water partition coefficient (Wildman–Crippen LogP) is 10.5. The molecule has 214 valence electrons. The molecule has 0 saturated heterocycles. The fraction of sp³-hybridized carbons (Fsp3) is 0. The van der Waals surface area contributed by atoms with Gasteiger partial charge in [0, 0.05) is 50.0 Å². The normalized spacial score (nSPS) is 11.5. The van der Waals surface area contributed by atoms with Crippen LogP contribution in [0, 0.1) is 0 Å². The largest absolute Gasteiger partial charge is 0.253 e. The highest BCUT2D eigenvalue weighted by Gasteiger charge is 2.11. The fourth-order valence-electron chi connectivity index (χ4n) is 6.26. The second-order valence-electron chi connectivity index (χ2n) is 11.5. The van der Waals surface area contributed by atoms with Crippen molar-refractivity contribution in [3.8, 4) is 44.9 Å². The van der Waals surface area contributed by atoms with Crippen LogP contribution in [0.2, 0.25) is 0 Å². The van der Waals surface area contributed by atoms with Gasteiger partial charge in [-0.05, 0) is 35.9 Å². The molecule has 0 spiro atoms. The Labute approximate surface area is 265 Å². The van der Waals surface area contributed by atoms with Crippen LogP contribution < -0.4 is 0 Å². The number of rotatable bonds is 4. The lowest BCUT2D eigenvalue weighted by Crippen LogP contribution is -1.92. The summed E-state index contributed by atoms with van der Waals surface area (Å²) < 4.78 is 0. The van der Waals surface area contributed by atoms with Crippen LogP contribution in [0.15, 0.2) is 158 Å². The molecule has 9 rings (SSSR count). The molecular weight excluding hydrogens is 560 g/mol. The second-order valence-corrected chi connectivity index (χ2v) is 11.5. The van der Waals surface area contributed by atoms with Gasteiger partial charge in [-0.15, -0.1) is 0 Å². The van der Waals surface area contributed by atoms with E-state index in [2.05, 4.69) is 115 Å². The SMILES string of the molecule is c1ccc(-c2ccc3ccc4cc(-c5cccc(-c6ccc7ccc8ccc(-c9ccccc9)nc8c7n6)c5)cnc4c3n2)cc1. The molecule has 4 heteroatoms. The molecule has 9 aromatic rings. The third-order valence-electron chi connectivity index (χ3n) is 8.66. The van der Waals surface area contributed by atoms with E-state index in [1.54, 1.807) is 0 Å². The Morgan fingerprint density at radius 3 is 1.28 bits per heavy atom. The van der Waals surface area contributed by atoms with Crippen molar-refractivity contribution in [2.24, 2.45) is 0 Å². The van der Waals surface area contributed by atoms with E-state index in [0.29, 0.717) is 0 Å². The van der Waals surface area contributed by atoms with E-state index in [0.717, 1.165) is 88.5 Å². The van der Waals surface area contributed by atoms with Gasteiger partial charge < -0.3 is 0 Å². The van der Waals surface area contributed by atoms with Crippen molar-refractivity contribution < 1.29 is 0 Å². The number of benzene rings is 5. The van der Waals surface area contributed by atoms with Crippen LogP contribution in [0.5, 0.6) is 0 Å². The van der Waals surface area contributed by atoms with E-state index in [1.807, 2.05) is 42.6 Å². The smallest absolute Gasteiger partial charge is 0.0972 e. The summed E-state index contributed by atoms with van der Waals surface area (Å²) in [6.07, 6.45) is 1.95. The van der Waals surface area contributed by atoms with Gasteiger partial charge in [0.05, 0.1) is 39.1 Å². The van der Waals surface area contributed by atoms with Crippen molar-refractivity contribution in [3.05, 3.63) is 158 Å². The third kappa shape index (κ3) is 4.56. The summed E-state index contributed by atoms with van der Waals surface area (Å²) in [6, 6.07) is 52.4. The molecule has 5 aromatic carbocycles. The molecule has 0 fully saturated rings. The predicted molar refractivity (Wildman–Crippen MR) is 189 cm³/mol. The molecule has 0 aliphatic rings. The topological polar surface area (TPSA) is 51.6 Å². The van der Waals surface area contributed by atoms with E-state index < -0.39 is 0 Å². The van der Waals surface area contributed by atoms with Crippen LogP contribution in [-0.2, 0) is 0 Å². The minimum Gasteiger partial charge on any atom is -0.253 e.